The minimum Gasteiger partial charge on any atom is -0.502 e. The van der Waals surface area contributed by atoms with Crippen molar-refractivity contribution in [3.8, 4) is 0 Å². The number of halogens is 1. The number of nitrogens with zero attached hydrogens (tertiary/aromatic N) is 1. The zero-order chi connectivity index (χ0) is 15.3. The first-order chi connectivity index (χ1) is 9.31. The first kappa shape index (κ1) is 15.7. The molecule has 108 valence electrons. The van der Waals surface area contributed by atoms with E-state index in [4.69, 9.17) is 10.2 Å². The van der Waals surface area contributed by atoms with E-state index >= 15 is 0 Å². The SMILES string of the molecule is CC(C)N(Cc1ccc(F)cc1)C(=O)/C=C(\O)C(=O)O. The van der Waals surface area contributed by atoms with Gasteiger partial charge < -0.3 is 15.1 Å². The summed E-state index contributed by atoms with van der Waals surface area (Å²) in [6.07, 6.45) is 0.659. The molecular formula is C14H16FNO4. The molecule has 0 heterocycles. The number of aliphatic hydroxyl groups is 1. The average molecular weight is 281 g/mol. The topological polar surface area (TPSA) is 77.8 Å². The summed E-state index contributed by atoms with van der Waals surface area (Å²) in [5.74, 6) is -3.58. The Morgan fingerprint density at radius 3 is 2.25 bits per heavy atom. The fourth-order valence-corrected chi connectivity index (χ4v) is 1.56. The van der Waals surface area contributed by atoms with E-state index in [1.165, 1.54) is 17.0 Å². The molecule has 6 heteroatoms. The van der Waals surface area contributed by atoms with E-state index in [0.717, 1.165) is 0 Å². The maximum atomic E-state index is 12.8. The quantitative estimate of drug-likeness (QED) is 0.640. The lowest BCUT2D eigenvalue weighted by molar-refractivity contribution is -0.136. The fraction of sp³-hybridized carbons (Fsp3) is 0.286. The van der Waals surface area contributed by atoms with E-state index in [1.807, 2.05) is 0 Å². The molecule has 0 atom stereocenters. The zero-order valence-corrected chi connectivity index (χ0v) is 11.2. The normalized spacial score (nSPS) is 11.5. The molecule has 0 spiro atoms. The average Bonchev–Trinajstić information content (AvgIpc) is 2.37. The summed E-state index contributed by atoms with van der Waals surface area (Å²) in [7, 11) is 0. The van der Waals surface area contributed by atoms with Gasteiger partial charge in [-0.1, -0.05) is 12.1 Å². The van der Waals surface area contributed by atoms with Crippen molar-refractivity contribution in [2.24, 2.45) is 0 Å². The molecule has 5 nitrogen and oxygen atoms in total. The molecule has 0 fully saturated rings. The highest BCUT2D eigenvalue weighted by atomic mass is 19.1. The van der Waals surface area contributed by atoms with Crippen LogP contribution in [-0.2, 0) is 16.1 Å². The van der Waals surface area contributed by atoms with Crippen LogP contribution in [0.2, 0.25) is 0 Å². The summed E-state index contributed by atoms with van der Waals surface area (Å²) < 4.78 is 12.8. The summed E-state index contributed by atoms with van der Waals surface area (Å²) in [6.45, 7) is 3.71. The molecule has 0 aliphatic carbocycles. The molecule has 0 radical (unpaired) electrons. The number of carboxylic acids is 1. The van der Waals surface area contributed by atoms with Gasteiger partial charge in [0.25, 0.3) is 5.91 Å². The summed E-state index contributed by atoms with van der Waals surface area (Å²) in [5.41, 5.74) is 0.705. The van der Waals surface area contributed by atoms with Crippen LogP contribution in [0.3, 0.4) is 0 Å². The number of benzene rings is 1. The number of carbonyl (C=O) groups is 2. The van der Waals surface area contributed by atoms with Gasteiger partial charge in [0.1, 0.15) is 5.82 Å². The van der Waals surface area contributed by atoms with Gasteiger partial charge in [0.15, 0.2) is 0 Å². The van der Waals surface area contributed by atoms with Crippen molar-refractivity contribution in [1.82, 2.24) is 4.90 Å². The van der Waals surface area contributed by atoms with Gasteiger partial charge in [0.05, 0.1) is 6.08 Å². The summed E-state index contributed by atoms with van der Waals surface area (Å²) >= 11 is 0. The van der Waals surface area contributed by atoms with Crippen molar-refractivity contribution >= 4 is 11.9 Å². The number of carboxylic acid groups (broad SMARTS) is 1. The van der Waals surface area contributed by atoms with Crippen molar-refractivity contribution in [3.05, 3.63) is 47.5 Å². The van der Waals surface area contributed by atoms with Crippen LogP contribution in [0.4, 0.5) is 4.39 Å². The van der Waals surface area contributed by atoms with Crippen LogP contribution in [0.5, 0.6) is 0 Å². The molecule has 0 aromatic heterocycles. The molecule has 0 saturated carbocycles. The predicted octanol–water partition coefficient (Wildman–Crippen LogP) is 2.09. The molecular weight excluding hydrogens is 265 g/mol. The Morgan fingerprint density at radius 1 is 1.25 bits per heavy atom. The molecule has 0 saturated heterocycles. The highest BCUT2D eigenvalue weighted by molar-refractivity contribution is 5.96. The monoisotopic (exact) mass is 281 g/mol. The second-order valence-corrected chi connectivity index (χ2v) is 4.52. The van der Waals surface area contributed by atoms with Gasteiger partial charge in [-0.2, -0.15) is 0 Å². The first-order valence-corrected chi connectivity index (χ1v) is 6.00. The van der Waals surface area contributed by atoms with Crippen LogP contribution in [0, 0.1) is 5.82 Å². The van der Waals surface area contributed by atoms with E-state index in [9.17, 15) is 14.0 Å². The Bertz CT molecular complexity index is 522. The Morgan fingerprint density at radius 2 is 1.80 bits per heavy atom. The number of aliphatic hydroxyl groups excluding tert-OH is 1. The van der Waals surface area contributed by atoms with Gasteiger partial charge >= 0.3 is 5.97 Å². The highest BCUT2D eigenvalue weighted by Gasteiger charge is 2.18. The maximum absolute atomic E-state index is 12.8. The molecule has 1 amide bonds. The van der Waals surface area contributed by atoms with Crippen molar-refractivity contribution < 1.29 is 24.2 Å². The van der Waals surface area contributed by atoms with Gasteiger partial charge in [0, 0.05) is 12.6 Å². The minimum atomic E-state index is -1.57. The maximum Gasteiger partial charge on any atom is 0.371 e. The van der Waals surface area contributed by atoms with Crippen molar-refractivity contribution in [1.29, 1.82) is 0 Å². The molecule has 0 aliphatic rings. The van der Waals surface area contributed by atoms with Gasteiger partial charge in [-0.15, -0.1) is 0 Å². The molecule has 1 aromatic carbocycles. The van der Waals surface area contributed by atoms with Crippen LogP contribution >= 0.6 is 0 Å². The van der Waals surface area contributed by atoms with Crippen LogP contribution < -0.4 is 0 Å². The van der Waals surface area contributed by atoms with Crippen LogP contribution in [-0.4, -0.2) is 33.0 Å². The lowest BCUT2D eigenvalue weighted by Gasteiger charge is -2.25. The molecule has 20 heavy (non-hydrogen) atoms. The molecule has 2 N–H and O–H groups in total. The van der Waals surface area contributed by atoms with E-state index in [1.54, 1.807) is 26.0 Å². The molecule has 0 bridgehead atoms. The lowest BCUT2D eigenvalue weighted by Crippen LogP contribution is -2.35. The minimum absolute atomic E-state index is 0.195. The second kappa shape index (κ2) is 6.70. The molecule has 1 aromatic rings. The van der Waals surface area contributed by atoms with Crippen LogP contribution in [0.25, 0.3) is 0 Å². The number of hydrogen-bond donors (Lipinski definition) is 2. The Kier molecular flexibility index (Phi) is 5.25. The summed E-state index contributed by atoms with van der Waals surface area (Å²) in [6, 6.07) is 5.44. The van der Waals surface area contributed by atoms with Crippen molar-refractivity contribution in [2.75, 3.05) is 0 Å². The third-order valence-electron chi connectivity index (χ3n) is 2.65. The standard InChI is InChI=1S/C14H16FNO4/c1-9(2)16(13(18)7-12(17)14(19)20)8-10-3-5-11(15)6-4-10/h3-7,9,17H,8H2,1-2H3,(H,19,20)/b12-7-. The number of hydrogen-bond acceptors (Lipinski definition) is 3. The highest BCUT2D eigenvalue weighted by Crippen LogP contribution is 2.11. The smallest absolute Gasteiger partial charge is 0.371 e. The van der Waals surface area contributed by atoms with Gasteiger partial charge in [-0.25, -0.2) is 9.18 Å². The van der Waals surface area contributed by atoms with Crippen LogP contribution in [0.1, 0.15) is 19.4 Å². The van der Waals surface area contributed by atoms with E-state index in [-0.39, 0.29) is 18.4 Å². The number of aliphatic carboxylic acids is 1. The first-order valence-electron chi connectivity index (χ1n) is 6.00. The lowest BCUT2D eigenvalue weighted by atomic mass is 10.2. The van der Waals surface area contributed by atoms with E-state index in [2.05, 4.69) is 0 Å². The van der Waals surface area contributed by atoms with Gasteiger partial charge in [0.2, 0.25) is 5.76 Å². The predicted molar refractivity (Wildman–Crippen MR) is 70.4 cm³/mol. The fourth-order valence-electron chi connectivity index (χ4n) is 1.56. The number of amides is 1. The van der Waals surface area contributed by atoms with E-state index in [0.29, 0.717) is 11.6 Å². The summed E-state index contributed by atoms with van der Waals surface area (Å²) in [4.78, 5) is 23.8. The third kappa shape index (κ3) is 4.38. The van der Waals surface area contributed by atoms with Crippen molar-refractivity contribution in [2.45, 2.75) is 26.4 Å². The van der Waals surface area contributed by atoms with Crippen LogP contribution in [0.15, 0.2) is 36.1 Å². The third-order valence-corrected chi connectivity index (χ3v) is 2.65. The second-order valence-electron chi connectivity index (χ2n) is 4.52. The molecule has 1 rings (SSSR count). The molecule has 0 aliphatic heterocycles. The number of rotatable bonds is 5. The Labute approximate surface area is 115 Å². The Hall–Kier alpha value is -2.37. The van der Waals surface area contributed by atoms with Crippen molar-refractivity contribution in [3.63, 3.8) is 0 Å². The summed E-state index contributed by atoms with van der Waals surface area (Å²) in [5, 5.41) is 17.6. The number of carbonyl (C=O) groups excluding carboxylic acids is 1. The largest absolute Gasteiger partial charge is 0.502 e. The van der Waals surface area contributed by atoms with E-state index < -0.39 is 17.6 Å². The zero-order valence-electron chi connectivity index (χ0n) is 11.2. The van der Waals surface area contributed by atoms with Gasteiger partial charge in [-0.3, -0.25) is 4.79 Å². The van der Waals surface area contributed by atoms with Gasteiger partial charge in [-0.05, 0) is 31.5 Å². The molecule has 0 unspecified atom stereocenters. The Balaban J connectivity index is 2.89.